The fourth-order valence-corrected chi connectivity index (χ4v) is 8.11. The first-order valence-corrected chi connectivity index (χ1v) is 20.7. The van der Waals surface area contributed by atoms with Gasteiger partial charge in [-0.15, -0.1) is 0 Å². The lowest BCUT2D eigenvalue weighted by Gasteiger charge is -2.26. The number of nitrogens with zero attached hydrogens (tertiary/aromatic N) is 4. The van der Waals surface area contributed by atoms with Crippen LogP contribution in [-0.4, -0.2) is 14.1 Å². The maximum atomic E-state index is 7.02. The van der Waals surface area contributed by atoms with Crippen molar-refractivity contribution in [1.29, 1.82) is 0 Å². The SMILES string of the molecule is CC(C)(C)c1cc(C[n+]2cn(-c3ccc(C(C)(C)C)c(Oc4ccc5c6ccccc6n(-c6cc(C(C)(C)C)ccn6)c5c4)c3)c3ccccc32)cc(C(C)(C)C)c1. The largest absolute Gasteiger partial charge is 0.457 e. The molecule has 0 aliphatic heterocycles. The summed E-state index contributed by atoms with van der Waals surface area (Å²) in [6.45, 7) is 28.1. The predicted molar refractivity (Wildman–Crippen MR) is 242 cm³/mol. The van der Waals surface area contributed by atoms with E-state index in [2.05, 4.69) is 218 Å². The number of benzene rings is 5. The van der Waals surface area contributed by atoms with Gasteiger partial charge >= 0.3 is 0 Å². The number of hydrogen-bond acceptors (Lipinski definition) is 2. The number of fused-ring (bicyclic) bond motifs is 4. The van der Waals surface area contributed by atoms with Gasteiger partial charge in [0.25, 0.3) is 0 Å². The lowest BCUT2D eigenvalue weighted by molar-refractivity contribution is -0.662. The molecule has 0 unspecified atom stereocenters. The Morgan fingerprint density at radius 3 is 1.86 bits per heavy atom. The number of rotatable bonds is 6. The average Bonchev–Trinajstić information content (AvgIpc) is 3.68. The van der Waals surface area contributed by atoms with Crippen molar-refractivity contribution >= 4 is 32.8 Å². The Balaban J connectivity index is 1.23. The fraction of sp³-hybridized carbons (Fsp3) is 0.321. The highest BCUT2D eigenvalue weighted by atomic mass is 16.5. The molecule has 0 N–H and O–H groups in total. The standard InChI is InChI=1S/C53H59N4O/c1-50(2,3)36-25-26-54-49(30-36)57-44-18-14-13-17-41(44)42-23-22-40(32-47(42)57)58-48-31-39(21-24-43(48)53(10,11)12)56-34-55(45-19-15-16-20-46(45)56)33-35-27-37(51(4,5)6)29-38(28-35)52(7,8)9/h13-32,34H,33H2,1-12H3/q+1. The van der Waals surface area contributed by atoms with Crippen LogP contribution in [0, 0.1) is 0 Å². The van der Waals surface area contributed by atoms with Gasteiger partial charge in [0.05, 0.1) is 11.0 Å². The normalized spacial score (nSPS) is 12.9. The lowest BCUT2D eigenvalue weighted by atomic mass is 9.79. The third-order valence-electron chi connectivity index (χ3n) is 11.5. The molecule has 8 aromatic rings. The van der Waals surface area contributed by atoms with Crippen LogP contribution in [-0.2, 0) is 28.2 Å². The van der Waals surface area contributed by atoms with Gasteiger partial charge in [-0.1, -0.05) is 138 Å². The van der Waals surface area contributed by atoms with E-state index >= 15 is 0 Å². The van der Waals surface area contributed by atoms with E-state index in [4.69, 9.17) is 9.72 Å². The van der Waals surface area contributed by atoms with Crippen LogP contribution >= 0.6 is 0 Å². The van der Waals surface area contributed by atoms with Gasteiger partial charge < -0.3 is 4.74 Å². The van der Waals surface area contributed by atoms with E-state index in [1.54, 1.807) is 0 Å². The topological polar surface area (TPSA) is 35.9 Å². The van der Waals surface area contributed by atoms with Crippen molar-refractivity contribution in [3.8, 4) is 23.0 Å². The molecule has 58 heavy (non-hydrogen) atoms. The van der Waals surface area contributed by atoms with Gasteiger partial charge in [-0.2, -0.15) is 4.57 Å². The number of hydrogen-bond donors (Lipinski definition) is 0. The summed E-state index contributed by atoms with van der Waals surface area (Å²) in [5.74, 6) is 2.53. The van der Waals surface area contributed by atoms with Gasteiger partial charge in [-0.05, 0) is 92.4 Å². The van der Waals surface area contributed by atoms with Gasteiger partial charge in [0.1, 0.15) is 29.5 Å². The summed E-state index contributed by atoms with van der Waals surface area (Å²) in [7, 11) is 0. The summed E-state index contributed by atoms with van der Waals surface area (Å²) in [5.41, 5.74) is 12.0. The molecule has 0 bridgehead atoms. The van der Waals surface area contributed by atoms with E-state index in [0.717, 1.165) is 51.7 Å². The molecule has 5 heteroatoms. The van der Waals surface area contributed by atoms with E-state index in [-0.39, 0.29) is 21.7 Å². The van der Waals surface area contributed by atoms with Gasteiger partial charge in [-0.25, -0.2) is 9.55 Å². The van der Waals surface area contributed by atoms with Gasteiger partial charge in [-0.3, -0.25) is 4.57 Å². The molecule has 5 nitrogen and oxygen atoms in total. The minimum atomic E-state index is -0.147. The van der Waals surface area contributed by atoms with Crippen LogP contribution in [0.3, 0.4) is 0 Å². The smallest absolute Gasteiger partial charge is 0.250 e. The minimum absolute atomic E-state index is 0.00344. The average molecular weight is 768 g/mol. The lowest BCUT2D eigenvalue weighted by Crippen LogP contribution is -2.33. The van der Waals surface area contributed by atoms with Gasteiger partial charge in [0.2, 0.25) is 6.33 Å². The van der Waals surface area contributed by atoms with E-state index in [1.807, 2.05) is 6.20 Å². The summed E-state index contributed by atoms with van der Waals surface area (Å²) < 4.78 is 14.0. The second-order valence-corrected chi connectivity index (χ2v) is 20.2. The highest BCUT2D eigenvalue weighted by molar-refractivity contribution is 6.09. The zero-order valence-corrected chi connectivity index (χ0v) is 36.5. The Labute approximate surface area is 345 Å². The molecule has 0 fully saturated rings. The highest BCUT2D eigenvalue weighted by Crippen LogP contribution is 2.40. The quantitative estimate of drug-likeness (QED) is 0.158. The van der Waals surface area contributed by atoms with Gasteiger partial charge in [0.15, 0.2) is 11.0 Å². The van der Waals surface area contributed by atoms with E-state index in [1.165, 1.54) is 38.5 Å². The summed E-state index contributed by atoms with van der Waals surface area (Å²) in [6, 6.07) is 42.0. The van der Waals surface area contributed by atoms with Crippen LogP contribution in [0.2, 0.25) is 0 Å². The number of aromatic nitrogens is 4. The molecular formula is C53H59N4O+. The van der Waals surface area contributed by atoms with Crippen LogP contribution in [0.4, 0.5) is 0 Å². The first-order chi connectivity index (χ1) is 27.3. The molecule has 0 aliphatic rings. The Morgan fingerprint density at radius 1 is 0.552 bits per heavy atom. The second kappa shape index (κ2) is 14.0. The van der Waals surface area contributed by atoms with Crippen molar-refractivity contribution in [3.63, 3.8) is 0 Å². The molecule has 3 aromatic heterocycles. The van der Waals surface area contributed by atoms with Crippen molar-refractivity contribution in [2.24, 2.45) is 0 Å². The molecule has 0 amide bonds. The number of pyridine rings is 1. The molecule has 0 spiro atoms. The molecular weight excluding hydrogens is 709 g/mol. The Morgan fingerprint density at radius 2 is 1.19 bits per heavy atom. The van der Waals surface area contributed by atoms with Crippen molar-refractivity contribution in [3.05, 3.63) is 156 Å². The van der Waals surface area contributed by atoms with E-state index in [9.17, 15) is 0 Å². The third kappa shape index (κ3) is 7.43. The maximum absolute atomic E-state index is 7.02. The van der Waals surface area contributed by atoms with Crippen molar-refractivity contribution < 1.29 is 9.30 Å². The van der Waals surface area contributed by atoms with Crippen molar-refractivity contribution in [2.45, 2.75) is 111 Å². The Hall–Kier alpha value is -5.68. The first-order valence-electron chi connectivity index (χ1n) is 20.7. The highest BCUT2D eigenvalue weighted by Gasteiger charge is 2.26. The molecule has 0 atom stereocenters. The summed E-state index contributed by atoms with van der Waals surface area (Å²) >= 11 is 0. The van der Waals surface area contributed by atoms with Crippen LogP contribution in [0.15, 0.2) is 128 Å². The van der Waals surface area contributed by atoms with E-state index < -0.39 is 0 Å². The molecule has 8 rings (SSSR count). The third-order valence-corrected chi connectivity index (χ3v) is 11.5. The molecule has 0 radical (unpaired) electrons. The Bertz CT molecular complexity index is 2790. The maximum Gasteiger partial charge on any atom is 0.250 e. The number of ether oxygens (including phenoxy) is 1. The first kappa shape index (κ1) is 39.2. The molecule has 5 aromatic carbocycles. The molecule has 3 heterocycles. The summed E-state index contributed by atoms with van der Waals surface area (Å²) in [4.78, 5) is 4.90. The van der Waals surface area contributed by atoms with Crippen LogP contribution < -0.4 is 9.30 Å². The van der Waals surface area contributed by atoms with E-state index in [0.29, 0.717) is 0 Å². The van der Waals surface area contributed by atoms with Crippen LogP contribution in [0.5, 0.6) is 11.5 Å². The fourth-order valence-electron chi connectivity index (χ4n) is 8.11. The molecule has 0 saturated heterocycles. The summed E-state index contributed by atoms with van der Waals surface area (Å²) in [5, 5.41) is 2.36. The van der Waals surface area contributed by atoms with Crippen LogP contribution in [0.1, 0.15) is 111 Å². The predicted octanol–water partition coefficient (Wildman–Crippen LogP) is 13.4. The zero-order chi connectivity index (χ0) is 41.4. The van der Waals surface area contributed by atoms with Crippen molar-refractivity contribution in [1.82, 2.24) is 14.1 Å². The number of imidazole rings is 1. The molecule has 0 aliphatic carbocycles. The molecule has 296 valence electrons. The molecule has 0 saturated carbocycles. The van der Waals surface area contributed by atoms with Crippen molar-refractivity contribution in [2.75, 3.05) is 0 Å². The second-order valence-electron chi connectivity index (χ2n) is 20.2. The Kier molecular flexibility index (Phi) is 9.46. The zero-order valence-electron chi connectivity index (χ0n) is 36.5. The number of para-hydroxylation sites is 3. The minimum Gasteiger partial charge on any atom is -0.457 e. The van der Waals surface area contributed by atoms with Gasteiger partial charge in [0, 0.05) is 34.7 Å². The summed E-state index contributed by atoms with van der Waals surface area (Å²) in [6.07, 6.45) is 4.18. The monoisotopic (exact) mass is 767 g/mol. The van der Waals surface area contributed by atoms with Crippen LogP contribution in [0.25, 0.3) is 44.3 Å².